The van der Waals surface area contributed by atoms with Crippen molar-refractivity contribution in [1.82, 2.24) is 5.32 Å². The van der Waals surface area contributed by atoms with E-state index in [4.69, 9.17) is 9.15 Å². The topological polar surface area (TPSA) is 51.5 Å². The van der Waals surface area contributed by atoms with Crippen LogP contribution >= 0.6 is 0 Å². The second-order valence-corrected chi connectivity index (χ2v) is 6.77. The summed E-state index contributed by atoms with van der Waals surface area (Å²) in [6.07, 6.45) is 0. The molecule has 1 atom stereocenters. The predicted molar refractivity (Wildman–Crippen MR) is 90.6 cm³/mol. The van der Waals surface area contributed by atoms with Crippen molar-refractivity contribution < 1.29 is 13.9 Å². The smallest absolute Gasteiger partial charge is 0.258 e. The van der Waals surface area contributed by atoms with Crippen LogP contribution in [0.4, 0.5) is 0 Å². The molecule has 0 bridgehead atoms. The number of amides is 1. The molecule has 1 unspecified atom stereocenters. The van der Waals surface area contributed by atoms with Gasteiger partial charge in [-0.1, -0.05) is 39.0 Å². The Morgan fingerprint density at radius 2 is 1.91 bits per heavy atom. The number of ether oxygens (including phenoxy) is 1. The van der Waals surface area contributed by atoms with Gasteiger partial charge >= 0.3 is 0 Å². The van der Waals surface area contributed by atoms with E-state index in [0.29, 0.717) is 0 Å². The summed E-state index contributed by atoms with van der Waals surface area (Å²) in [5, 5.41) is 2.88. The second kappa shape index (κ2) is 6.90. The fourth-order valence-electron chi connectivity index (χ4n) is 2.40. The molecule has 1 aromatic carbocycles. The molecule has 4 nitrogen and oxygen atoms in total. The summed E-state index contributed by atoms with van der Waals surface area (Å²) >= 11 is 0. The lowest BCUT2D eigenvalue weighted by Gasteiger charge is -2.22. The van der Waals surface area contributed by atoms with Gasteiger partial charge in [0.15, 0.2) is 6.61 Å². The summed E-state index contributed by atoms with van der Waals surface area (Å²) in [5.74, 6) is 2.15. The largest absolute Gasteiger partial charge is 0.483 e. The van der Waals surface area contributed by atoms with Crippen LogP contribution in [0.1, 0.15) is 50.8 Å². The molecular formula is C19H25NO3. The molecule has 1 heterocycles. The van der Waals surface area contributed by atoms with Crippen LogP contribution < -0.4 is 10.1 Å². The summed E-state index contributed by atoms with van der Waals surface area (Å²) in [6, 6.07) is 11.4. The molecule has 0 fully saturated rings. The summed E-state index contributed by atoms with van der Waals surface area (Å²) < 4.78 is 11.2. The molecule has 23 heavy (non-hydrogen) atoms. The zero-order valence-corrected chi connectivity index (χ0v) is 14.5. The minimum atomic E-state index is -0.183. The Labute approximate surface area is 137 Å². The summed E-state index contributed by atoms with van der Waals surface area (Å²) in [4.78, 5) is 12.1. The Hall–Kier alpha value is -2.23. The Morgan fingerprint density at radius 3 is 2.52 bits per heavy atom. The standard InChI is InChI=1S/C19H25NO3/c1-13-10-11-16(23-13)14(2)20-18(21)12-22-17-9-7-6-8-15(17)19(3,4)5/h6-11,14H,12H2,1-5H3,(H,20,21). The van der Waals surface area contributed by atoms with Gasteiger partial charge in [-0.25, -0.2) is 0 Å². The van der Waals surface area contributed by atoms with E-state index in [1.165, 1.54) is 0 Å². The molecule has 0 saturated heterocycles. The molecule has 2 aromatic rings. The number of hydrogen-bond acceptors (Lipinski definition) is 3. The van der Waals surface area contributed by atoms with Crippen molar-refractivity contribution in [3.63, 3.8) is 0 Å². The van der Waals surface area contributed by atoms with Crippen LogP contribution in [0.25, 0.3) is 0 Å². The highest BCUT2D eigenvalue weighted by molar-refractivity contribution is 5.78. The first kappa shape index (κ1) is 17.1. The Bertz CT molecular complexity index is 667. The first-order chi connectivity index (χ1) is 10.8. The predicted octanol–water partition coefficient (Wildman–Crippen LogP) is 4.14. The molecule has 1 N–H and O–H groups in total. The quantitative estimate of drug-likeness (QED) is 0.902. The minimum Gasteiger partial charge on any atom is -0.483 e. The number of rotatable bonds is 5. The molecule has 1 amide bonds. The minimum absolute atomic E-state index is 0.0167. The maximum atomic E-state index is 12.1. The number of nitrogens with one attached hydrogen (secondary N) is 1. The fourth-order valence-corrected chi connectivity index (χ4v) is 2.40. The third-order valence-electron chi connectivity index (χ3n) is 3.62. The molecule has 0 aliphatic heterocycles. The monoisotopic (exact) mass is 315 g/mol. The molecule has 1 aromatic heterocycles. The maximum absolute atomic E-state index is 12.1. The van der Waals surface area contributed by atoms with Gasteiger partial charge < -0.3 is 14.5 Å². The van der Waals surface area contributed by atoms with E-state index in [2.05, 4.69) is 26.1 Å². The third kappa shape index (κ3) is 4.62. The molecule has 0 aliphatic rings. The molecule has 2 rings (SSSR count). The number of benzene rings is 1. The molecule has 0 spiro atoms. The van der Waals surface area contributed by atoms with E-state index in [0.717, 1.165) is 22.8 Å². The van der Waals surface area contributed by atoms with E-state index in [1.807, 2.05) is 50.2 Å². The number of aryl methyl sites for hydroxylation is 1. The number of carbonyl (C=O) groups excluding carboxylic acids is 1. The highest BCUT2D eigenvalue weighted by Crippen LogP contribution is 2.30. The van der Waals surface area contributed by atoms with Crippen molar-refractivity contribution in [1.29, 1.82) is 0 Å². The van der Waals surface area contributed by atoms with Gasteiger partial charge in [-0.05, 0) is 43.0 Å². The maximum Gasteiger partial charge on any atom is 0.258 e. The second-order valence-electron chi connectivity index (χ2n) is 6.77. The van der Waals surface area contributed by atoms with Gasteiger partial charge in [-0.15, -0.1) is 0 Å². The molecule has 0 radical (unpaired) electrons. The summed E-state index contributed by atoms with van der Waals surface area (Å²) in [5.41, 5.74) is 1.05. The van der Waals surface area contributed by atoms with Crippen LogP contribution in [-0.4, -0.2) is 12.5 Å². The highest BCUT2D eigenvalue weighted by atomic mass is 16.5. The number of furan rings is 1. The number of carbonyl (C=O) groups is 1. The van der Waals surface area contributed by atoms with Crippen LogP contribution in [-0.2, 0) is 10.2 Å². The fraction of sp³-hybridized carbons (Fsp3) is 0.421. The highest BCUT2D eigenvalue weighted by Gasteiger charge is 2.19. The normalized spacial score (nSPS) is 12.7. The number of para-hydroxylation sites is 1. The van der Waals surface area contributed by atoms with Gasteiger partial charge in [0.1, 0.15) is 17.3 Å². The van der Waals surface area contributed by atoms with E-state index >= 15 is 0 Å². The van der Waals surface area contributed by atoms with Gasteiger partial charge in [0.05, 0.1) is 6.04 Å². The zero-order valence-electron chi connectivity index (χ0n) is 14.5. The van der Waals surface area contributed by atoms with Gasteiger partial charge in [0.2, 0.25) is 0 Å². The Balaban J connectivity index is 1.95. The van der Waals surface area contributed by atoms with Gasteiger partial charge in [0, 0.05) is 0 Å². The van der Waals surface area contributed by atoms with Crippen LogP contribution in [0.15, 0.2) is 40.8 Å². The van der Waals surface area contributed by atoms with Crippen molar-refractivity contribution in [3.05, 3.63) is 53.5 Å². The van der Waals surface area contributed by atoms with E-state index < -0.39 is 0 Å². The first-order valence-corrected chi connectivity index (χ1v) is 7.85. The van der Waals surface area contributed by atoms with Crippen molar-refractivity contribution >= 4 is 5.91 Å². The third-order valence-corrected chi connectivity index (χ3v) is 3.62. The van der Waals surface area contributed by atoms with Gasteiger partial charge in [0.25, 0.3) is 5.91 Å². The number of hydrogen-bond donors (Lipinski definition) is 1. The first-order valence-electron chi connectivity index (χ1n) is 7.85. The lowest BCUT2D eigenvalue weighted by molar-refractivity contribution is -0.123. The Kier molecular flexibility index (Phi) is 5.14. The SMILES string of the molecule is Cc1ccc(C(C)NC(=O)COc2ccccc2C(C)(C)C)o1. The van der Waals surface area contributed by atoms with E-state index in [1.54, 1.807) is 0 Å². The summed E-state index contributed by atoms with van der Waals surface area (Å²) in [6.45, 7) is 10.1. The van der Waals surface area contributed by atoms with Crippen LogP contribution in [0, 0.1) is 6.92 Å². The van der Waals surface area contributed by atoms with Crippen molar-refractivity contribution in [3.8, 4) is 5.75 Å². The molecule has 0 saturated carbocycles. The van der Waals surface area contributed by atoms with Crippen LogP contribution in [0.2, 0.25) is 0 Å². The molecular weight excluding hydrogens is 290 g/mol. The average molecular weight is 315 g/mol. The van der Waals surface area contributed by atoms with Crippen molar-refractivity contribution in [2.75, 3.05) is 6.61 Å². The van der Waals surface area contributed by atoms with Crippen molar-refractivity contribution in [2.45, 2.75) is 46.1 Å². The van der Waals surface area contributed by atoms with Crippen LogP contribution in [0.5, 0.6) is 5.75 Å². The molecule has 4 heteroatoms. The summed E-state index contributed by atoms with van der Waals surface area (Å²) in [7, 11) is 0. The van der Waals surface area contributed by atoms with Crippen LogP contribution in [0.3, 0.4) is 0 Å². The van der Waals surface area contributed by atoms with Gasteiger partial charge in [-0.2, -0.15) is 0 Å². The average Bonchev–Trinajstić information content (AvgIpc) is 2.91. The lowest BCUT2D eigenvalue weighted by atomic mass is 9.86. The van der Waals surface area contributed by atoms with E-state index in [9.17, 15) is 4.79 Å². The van der Waals surface area contributed by atoms with Gasteiger partial charge in [-0.3, -0.25) is 4.79 Å². The molecule has 124 valence electrons. The lowest BCUT2D eigenvalue weighted by Crippen LogP contribution is -2.31. The molecule has 0 aliphatic carbocycles. The Morgan fingerprint density at radius 1 is 1.22 bits per heavy atom. The van der Waals surface area contributed by atoms with E-state index in [-0.39, 0.29) is 24.0 Å². The zero-order chi connectivity index (χ0) is 17.0. The van der Waals surface area contributed by atoms with Crippen molar-refractivity contribution in [2.24, 2.45) is 0 Å².